The Kier molecular flexibility index (Phi) is 4.79. The first kappa shape index (κ1) is 13.8. The SMILES string of the molecule is Cc1ccc(C)n1CC(CC(=O)O)CC(C)C. The lowest BCUT2D eigenvalue weighted by molar-refractivity contribution is -0.138. The monoisotopic (exact) mass is 237 g/mol. The average Bonchev–Trinajstić information content (AvgIpc) is 2.47. The van der Waals surface area contributed by atoms with E-state index in [1.54, 1.807) is 0 Å². The smallest absolute Gasteiger partial charge is 0.303 e. The molecule has 1 atom stereocenters. The number of aromatic nitrogens is 1. The fourth-order valence-corrected chi connectivity index (χ4v) is 2.38. The van der Waals surface area contributed by atoms with E-state index in [4.69, 9.17) is 5.11 Å². The molecule has 1 N–H and O–H groups in total. The van der Waals surface area contributed by atoms with Crippen LogP contribution in [0, 0.1) is 25.7 Å². The van der Waals surface area contributed by atoms with Gasteiger partial charge in [-0.05, 0) is 44.2 Å². The zero-order valence-corrected chi connectivity index (χ0v) is 11.2. The summed E-state index contributed by atoms with van der Waals surface area (Å²) in [7, 11) is 0. The van der Waals surface area contributed by atoms with E-state index in [-0.39, 0.29) is 12.3 Å². The van der Waals surface area contributed by atoms with Gasteiger partial charge in [0.25, 0.3) is 0 Å². The van der Waals surface area contributed by atoms with E-state index < -0.39 is 5.97 Å². The van der Waals surface area contributed by atoms with Crippen LogP contribution in [0.4, 0.5) is 0 Å². The molecule has 0 aliphatic heterocycles. The van der Waals surface area contributed by atoms with Crippen molar-refractivity contribution in [3.05, 3.63) is 23.5 Å². The number of carboxylic acid groups (broad SMARTS) is 1. The van der Waals surface area contributed by atoms with Crippen LogP contribution < -0.4 is 0 Å². The maximum atomic E-state index is 10.9. The number of hydrogen-bond donors (Lipinski definition) is 1. The molecular formula is C14H23NO2. The number of aliphatic carboxylic acids is 1. The van der Waals surface area contributed by atoms with Crippen LogP contribution in [0.1, 0.15) is 38.1 Å². The van der Waals surface area contributed by atoms with Gasteiger partial charge in [-0.25, -0.2) is 0 Å². The first-order valence-electron chi connectivity index (χ1n) is 6.24. The second-order valence-electron chi connectivity index (χ2n) is 5.32. The van der Waals surface area contributed by atoms with Crippen molar-refractivity contribution in [2.45, 2.75) is 47.1 Å². The lowest BCUT2D eigenvalue weighted by atomic mass is 9.94. The second kappa shape index (κ2) is 5.89. The fourth-order valence-electron chi connectivity index (χ4n) is 2.38. The zero-order chi connectivity index (χ0) is 13.0. The molecule has 0 bridgehead atoms. The van der Waals surface area contributed by atoms with Crippen LogP contribution >= 0.6 is 0 Å². The van der Waals surface area contributed by atoms with Crippen LogP contribution in [-0.4, -0.2) is 15.6 Å². The summed E-state index contributed by atoms with van der Waals surface area (Å²) in [4.78, 5) is 10.9. The normalized spacial score (nSPS) is 13.0. The molecule has 96 valence electrons. The Bertz CT molecular complexity index is 360. The molecule has 0 fully saturated rings. The van der Waals surface area contributed by atoms with Gasteiger partial charge in [0.05, 0.1) is 0 Å². The minimum absolute atomic E-state index is 0.220. The summed E-state index contributed by atoms with van der Waals surface area (Å²) in [5, 5.41) is 8.95. The van der Waals surface area contributed by atoms with Gasteiger partial charge in [-0.2, -0.15) is 0 Å². The van der Waals surface area contributed by atoms with Crippen molar-refractivity contribution in [3.8, 4) is 0 Å². The zero-order valence-electron chi connectivity index (χ0n) is 11.2. The Labute approximate surface area is 103 Å². The Hall–Kier alpha value is -1.25. The Morgan fingerprint density at radius 1 is 1.29 bits per heavy atom. The molecule has 1 rings (SSSR count). The van der Waals surface area contributed by atoms with Gasteiger partial charge in [-0.3, -0.25) is 4.79 Å². The molecule has 0 saturated heterocycles. The molecule has 0 aliphatic carbocycles. The first-order chi connectivity index (χ1) is 7.90. The topological polar surface area (TPSA) is 42.2 Å². The van der Waals surface area contributed by atoms with E-state index in [1.165, 1.54) is 11.4 Å². The molecule has 0 saturated carbocycles. The standard InChI is InChI=1S/C14H23NO2/c1-10(2)7-13(8-14(16)17)9-15-11(3)5-6-12(15)4/h5-6,10,13H,7-9H2,1-4H3,(H,16,17). The lowest BCUT2D eigenvalue weighted by Gasteiger charge is -2.20. The van der Waals surface area contributed by atoms with Crippen molar-refractivity contribution in [2.24, 2.45) is 11.8 Å². The highest BCUT2D eigenvalue weighted by molar-refractivity contribution is 5.67. The Balaban J connectivity index is 2.75. The van der Waals surface area contributed by atoms with E-state index in [9.17, 15) is 4.79 Å². The van der Waals surface area contributed by atoms with Gasteiger partial charge in [-0.15, -0.1) is 0 Å². The minimum Gasteiger partial charge on any atom is -0.481 e. The molecule has 1 aromatic heterocycles. The number of carbonyl (C=O) groups is 1. The summed E-state index contributed by atoms with van der Waals surface area (Å²) in [6.07, 6.45) is 1.22. The summed E-state index contributed by atoms with van der Waals surface area (Å²) in [6.45, 7) is 9.24. The van der Waals surface area contributed by atoms with E-state index in [1.807, 2.05) is 0 Å². The molecule has 3 nitrogen and oxygen atoms in total. The molecule has 17 heavy (non-hydrogen) atoms. The van der Waals surface area contributed by atoms with Crippen molar-refractivity contribution in [2.75, 3.05) is 0 Å². The molecule has 1 aromatic rings. The summed E-state index contributed by atoms with van der Waals surface area (Å²) in [5.74, 6) is 0.0611. The van der Waals surface area contributed by atoms with Gasteiger partial charge in [-0.1, -0.05) is 13.8 Å². The number of aryl methyl sites for hydroxylation is 2. The number of rotatable bonds is 6. The Morgan fingerprint density at radius 3 is 2.24 bits per heavy atom. The maximum absolute atomic E-state index is 10.9. The molecule has 0 radical (unpaired) electrons. The van der Waals surface area contributed by atoms with Crippen molar-refractivity contribution >= 4 is 5.97 Å². The van der Waals surface area contributed by atoms with Gasteiger partial charge in [0.2, 0.25) is 0 Å². The predicted octanol–water partition coefficient (Wildman–Crippen LogP) is 3.24. The van der Waals surface area contributed by atoms with Gasteiger partial charge in [0.1, 0.15) is 0 Å². The third kappa shape index (κ3) is 4.25. The van der Waals surface area contributed by atoms with Crippen LogP contribution in [0.15, 0.2) is 12.1 Å². The molecule has 0 amide bonds. The summed E-state index contributed by atoms with van der Waals surface area (Å²) < 4.78 is 2.22. The van der Waals surface area contributed by atoms with Gasteiger partial charge >= 0.3 is 5.97 Å². The second-order valence-corrected chi connectivity index (χ2v) is 5.32. The highest BCUT2D eigenvalue weighted by Gasteiger charge is 2.16. The van der Waals surface area contributed by atoms with Gasteiger partial charge < -0.3 is 9.67 Å². The molecular weight excluding hydrogens is 214 g/mol. The van der Waals surface area contributed by atoms with Crippen molar-refractivity contribution < 1.29 is 9.90 Å². The minimum atomic E-state index is -0.696. The molecule has 3 heteroatoms. The van der Waals surface area contributed by atoms with E-state index in [2.05, 4.69) is 44.4 Å². The third-order valence-corrected chi connectivity index (χ3v) is 3.13. The van der Waals surface area contributed by atoms with Crippen LogP contribution in [-0.2, 0) is 11.3 Å². The van der Waals surface area contributed by atoms with Crippen LogP contribution in [0.25, 0.3) is 0 Å². The summed E-state index contributed by atoms with van der Waals surface area (Å²) in [6, 6.07) is 4.17. The molecule has 1 heterocycles. The van der Waals surface area contributed by atoms with Crippen molar-refractivity contribution in [1.29, 1.82) is 0 Å². The van der Waals surface area contributed by atoms with Gasteiger partial charge in [0, 0.05) is 24.4 Å². The number of carboxylic acids is 1. The largest absolute Gasteiger partial charge is 0.481 e. The van der Waals surface area contributed by atoms with Crippen molar-refractivity contribution in [1.82, 2.24) is 4.57 Å². The molecule has 0 aliphatic rings. The van der Waals surface area contributed by atoms with Gasteiger partial charge in [0.15, 0.2) is 0 Å². The fraction of sp³-hybridized carbons (Fsp3) is 0.643. The number of hydrogen-bond acceptors (Lipinski definition) is 1. The van der Waals surface area contributed by atoms with Crippen molar-refractivity contribution in [3.63, 3.8) is 0 Å². The Morgan fingerprint density at radius 2 is 1.82 bits per heavy atom. The summed E-state index contributed by atoms with van der Waals surface area (Å²) in [5.41, 5.74) is 2.42. The summed E-state index contributed by atoms with van der Waals surface area (Å²) >= 11 is 0. The molecule has 0 spiro atoms. The highest BCUT2D eigenvalue weighted by atomic mass is 16.4. The average molecular weight is 237 g/mol. The molecule has 0 aromatic carbocycles. The molecule has 1 unspecified atom stereocenters. The van der Waals surface area contributed by atoms with Crippen LogP contribution in [0.3, 0.4) is 0 Å². The highest BCUT2D eigenvalue weighted by Crippen LogP contribution is 2.20. The lowest BCUT2D eigenvalue weighted by Crippen LogP contribution is -2.18. The first-order valence-corrected chi connectivity index (χ1v) is 6.24. The van der Waals surface area contributed by atoms with E-state index in [0.29, 0.717) is 5.92 Å². The predicted molar refractivity (Wildman–Crippen MR) is 69.1 cm³/mol. The van der Waals surface area contributed by atoms with E-state index in [0.717, 1.165) is 13.0 Å². The van der Waals surface area contributed by atoms with E-state index >= 15 is 0 Å². The third-order valence-electron chi connectivity index (χ3n) is 3.13. The maximum Gasteiger partial charge on any atom is 0.303 e. The van der Waals surface area contributed by atoms with Crippen LogP contribution in [0.2, 0.25) is 0 Å². The quantitative estimate of drug-likeness (QED) is 0.825. The van der Waals surface area contributed by atoms with Crippen LogP contribution in [0.5, 0.6) is 0 Å². The number of nitrogens with zero attached hydrogens (tertiary/aromatic N) is 1.